The van der Waals surface area contributed by atoms with E-state index in [1.54, 1.807) is 33.7 Å². The van der Waals surface area contributed by atoms with E-state index in [9.17, 15) is 9.18 Å². The molecule has 0 aliphatic heterocycles. The SMILES string of the molecule is NC(Cn1ccn(C2CC2)c1=O)c1cccc(F)c1. The van der Waals surface area contributed by atoms with E-state index < -0.39 is 0 Å². The van der Waals surface area contributed by atoms with Gasteiger partial charge in [0.25, 0.3) is 0 Å². The Bertz CT molecular complexity index is 642. The molecule has 1 aromatic carbocycles. The lowest BCUT2D eigenvalue weighted by atomic mass is 10.1. The van der Waals surface area contributed by atoms with Gasteiger partial charge in [0.15, 0.2) is 0 Å². The summed E-state index contributed by atoms with van der Waals surface area (Å²) in [4.78, 5) is 12.1. The number of benzene rings is 1. The molecule has 1 aromatic heterocycles. The molecule has 2 aromatic rings. The molecule has 3 rings (SSSR count). The van der Waals surface area contributed by atoms with Gasteiger partial charge < -0.3 is 5.73 Å². The summed E-state index contributed by atoms with van der Waals surface area (Å²) in [5, 5.41) is 0. The molecular formula is C14H16FN3O. The van der Waals surface area contributed by atoms with E-state index >= 15 is 0 Å². The number of nitrogens with two attached hydrogens (primary N) is 1. The van der Waals surface area contributed by atoms with Crippen LogP contribution in [0.2, 0.25) is 0 Å². The number of rotatable bonds is 4. The maximum absolute atomic E-state index is 13.1. The van der Waals surface area contributed by atoms with Crippen LogP contribution in [0.25, 0.3) is 0 Å². The molecule has 0 saturated heterocycles. The number of nitrogens with zero attached hydrogens (tertiary/aromatic N) is 2. The zero-order valence-corrected chi connectivity index (χ0v) is 10.5. The van der Waals surface area contributed by atoms with Gasteiger partial charge in [-0.15, -0.1) is 0 Å². The first kappa shape index (κ1) is 12.2. The van der Waals surface area contributed by atoms with E-state index in [1.165, 1.54) is 12.1 Å². The van der Waals surface area contributed by atoms with Crippen LogP contribution in [0.15, 0.2) is 41.5 Å². The van der Waals surface area contributed by atoms with Gasteiger partial charge in [0.2, 0.25) is 0 Å². The summed E-state index contributed by atoms with van der Waals surface area (Å²) >= 11 is 0. The van der Waals surface area contributed by atoms with Crippen molar-refractivity contribution in [1.29, 1.82) is 0 Å². The first-order chi connectivity index (χ1) is 9.15. The molecule has 0 amide bonds. The second-order valence-corrected chi connectivity index (χ2v) is 5.03. The van der Waals surface area contributed by atoms with Crippen LogP contribution in [-0.2, 0) is 6.54 Å². The smallest absolute Gasteiger partial charge is 0.322 e. The molecule has 4 nitrogen and oxygen atoms in total. The third-order valence-corrected chi connectivity index (χ3v) is 3.48. The summed E-state index contributed by atoms with van der Waals surface area (Å²) in [7, 11) is 0. The van der Waals surface area contributed by atoms with Crippen LogP contribution in [0.5, 0.6) is 0 Å². The van der Waals surface area contributed by atoms with Gasteiger partial charge >= 0.3 is 5.69 Å². The molecular weight excluding hydrogens is 245 g/mol. The molecule has 19 heavy (non-hydrogen) atoms. The lowest BCUT2D eigenvalue weighted by Gasteiger charge is -2.12. The van der Waals surface area contributed by atoms with Crippen molar-refractivity contribution >= 4 is 0 Å². The Balaban J connectivity index is 1.79. The Morgan fingerprint density at radius 3 is 2.84 bits per heavy atom. The van der Waals surface area contributed by atoms with Crippen molar-refractivity contribution < 1.29 is 4.39 Å². The molecule has 0 bridgehead atoms. The first-order valence-electron chi connectivity index (χ1n) is 6.43. The monoisotopic (exact) mass is 261 g/mol. The van der Waals surface area contributed by atoms with Crippen molar-refractivity contribution in [3.8, 4) is 0 Å². The molecule has 2 N–H and O–H groups in total. The average Bonchev–Trinajstić information content (AvgIpc) is 3.16. The summed E-state index contributed by atoms with van der Waals surface area (Å²) in [5.74, 6) is -0.309. The summed E-state index contributed by atoms with van der Waals surface area (Å²) in [6, 6.07) is 6.17. The standard InChI is InChI=1S/C14H16FN3O/c15-11-3-1-2-10(8-11)13(16)9-17-6-7-18(14(17)19)12-4-5-12/h1-3,6-8,12-13H,4-5,9,16H2. The van der Waals surface area contributed by atoms with E-state index in [-0.39, 0.29) is 17.5 Å². The predicted octanol–water partition coefficient (Wildman–Crippen LogP) is 1.82. The van der Waals surface area contributed by atoms with Crippen molar-refractivity contribution in [3.63, 3.8) is 0 Å². The molecule has 0 radical (unpaired) electrons. The molecule has 1 atom stereocenters. The van der Waals surface area contributed by atoms with E-state index in [1.807, 2.05) is 0 Å². The minimum Gasteiger partial charge on any atom is -0.322 e. The molecule has 1 heterocycles. The van der Waals surface area contributed by atoms with Gasteiger partial charge in [-0.2, -0.15) is 0 Å². The Morgan fingerprint density at radius 1 is 1.37 bits per heavy atom. The van der Waals surface area contributed by atoms with Crippen molar-refractivity contribution in [2.24, 2.45) is 5.73 Å². The minimum absolute atomic E-state index is 0.0330. The Morgan fingerprint density at radius 2 is 2.16 bits per heavy atom. The maximum Gasteiger partial charge on any atom is 0.328 e. The van der Waals surface area contributed by atoms with Crippen molar-refractivity contribution in [2.45, 2.75) is 31.5 Å². The summed E-state index contributed by atoms with van der Waals surface area (Å²) in [6.07, 6.45) is 5.69. The van der Waals surface area contributed by atoms with Crippen LogP contribution in [0, 0.1) is 5.82 Å². The van der Waals surface area contributed by atoms with Crippen molar-refractivity contribution in [2.75, 3.05) is 0 Å². The van der Waals surface area contributed by atoms with Gasteiger partial charge in [0, 0.05) is 31.0 Å². The zero-order chi connectivity index (χ0) is 13.4. The van der Waals surface area contributed by atoms with Crippen LogP contribution in [0.1, 0.15) is 30.5 Å². The normalized spacial score (nSPS) is 16.5. The molecule has 0 spiro atoms. The fraction of sp³-hybridized carbons (Fsp3) is 0.357. The largest absolute Gasteiger partial charge is 0.328 e. The fourth-order valence-electron chi connectivity index (χ4n) is 2.25. The van der Waals surface area contributed by atoms with Gasteiger partial charge in [-0.25, -0.2) is 9.18 Å². The number of halogens is 1. The highest BCUT2D eigenvalue weighted by Gasteiger charge is 2.25. The topological polar surface area (TPSA) is 52.9 Å². The summed E-state index contributed by atoms with van der Waals surface area (Å²) in [6.45, 7) is 0.363. The second kappa shape index (κ2) is 4.66. The Labute approximate surface area is 110 Å². The molecule has 1 unspecified atom stereocenters. The van der Waals surface area contributed by atoms with Crippen LogP contribution in [-0.4, -0.2) is 9.13 Å². The number of hydrogen-bond donors (Lipinski definition) is 1. The van der Waals surface area contributed by atoms with Gasteiger partial charge in [-0.3, -0.25) is 9.13 Å². The third-order valence-electron chi connectivity index (χ3n) is 3.48. The summed E-state index contributed by atoms with van der Waals surface area (Å²) < 4.78 is 16.5. The van der Waals surface area contributed by atoms with E-state index in [2.05, 4.69) is 0 Å². The van der Waals surface area contributed by atoms with Gasteiger partial charge in [0.05, 0.1) is 0 Å². The highest BCUT2D eigenvalue weighted by molar-refractivity contribution is 5.19. The lowest BCUT2D eigenvalue weighted by Crippen LogP contribution is -2.28. The average molecular weight is 261 g/mol. The fourth-order valence-corrected chi connectivity index (χ4v) is 2.25. The van der Waals surface area contributed by atoms with Crippen molar-refractivity contribution in [1.82, 2.24) is 9.13 Å². The summed E-state index contributed by atoms with van der Waals surface area (Å²) in [5.41, 5.74) is 6.70. The van der Waals surface area contributed by atoms with Crippen LogP contribution in [0.3, 0.4) is 0 Å². The van der Waals surface area contributed by atoms with Gasteiger partial charge in [-0.1, -0.05) is 12.1 Å². The molecule has 1 fully saturated rings. The Hall–Kier alpha value is -1.88. The van der Waals surface area contributed by atoms with Crippen molar-refractivity contribution in [3.05, 3.63) is 58.5 Å². The highest BCUT2D eigenvalue weighted by atomic mass is 19.1. The highest BCUT2D eigenvalue weighted by Crippen LogP contribution is 2.33. The number of hydrogen-bond acceptors (Lipinski definition) is 2. The van der Waals surface area contributed by atoms with Gasteiger partial charge in [0.1, 0.15) is 5.82 Å². The van der Waals surface area contributed by atoms with Crippen LogP contribution < -0.4 is 11.4 Å². The van der Waals surface area contributed by atoms with E-state index in [4.69, 9.17) is 5.73 Å². The predicted molar refractivity (Wildman–Crippen MR) is 70.3 cm³/mol. The third kappa shape index (κ3) is 2.46. The first-order valence-corrected chi connectivity index (χ1v) is 6.43. The zero-order valence-electron chi connectivity index (χ0n) is 10.5. The van der Waals surface area contributed by atoms with E-state index in [0.29, 0.717) is 18.2 Å². The lowest BCUT2D eigenvalue weighted by molar-refractivity contribution is 0.541. The maximum atomic E-state index is 13.1. The molecule has 1 saturated carbocycles. The number of aromatic nitrogens is 2. The Kier molecular flexibility index (Phi) is 2.98. The van der Waals surface area contributed by atoms with Crippen LogP contribution >= 0.6 is 0 Å². The second-order valence-electron chi connectivity index (χ2n) is 5.03. The molecule has 5 heteroatoms. The number of imidazole rings is 1. The van der Waals surface area contributed by atoms with Gasteiger partial charge in [-0.05, 0) is 30.5 Å². The minimum atomic E-state index is -0.386. The molecule has 1 aliphatic rings. The molecule has 100 valence electrons. The molecule has 1 aliphatic carbocycles. The quantitative estimate of drug-likeness (QED) is 0.912. The van der Waals surface area contributed by atoms with E-state index in [0.717, 1.165) is 12.8 Å². The van der Waals surface area contributed by atoms with Crippen LogP contribution in [0.4, 0.5) is 4.39 Å².